The number of rotatable bonds is 6. The third-order valence-electron chi connectivity index (χ3n) is 3.14. The summed E-state index contributed by atoms with van der Waals surface area (Å²) >= 11 is 0. The van der Waals surface area contributed by atoms with Gasteiger partial charge in [-0.15, -0.1) is 0 Å². The number of benzene rings is 1. The van der Waals surface area contributed by atoms with Crippen LogP contribution >= 0.6 is 0 Å². The highest BCUT2D eigenvalue weighted by Crippen LogP contribution is 2.29. The molecule has 0 aliphatic carbocycles. The van der Waals surface area contributed by atoms with Crippen LogP contribution in [0.1, 0.15) is 36.6 Å². The number of hydrogen-bond donors (Lipinski definition) is 2. The molecule has 3 nitrogen and oxygen atoms in total. The molecule has 2 N–H and O–H groups in total. The van der Waals surface area contributed by atoms with Gasteiger partial charge in [0.2, 0.25) is 0 Å². The first-order chi connectivity index (χ1) is 8.49. The van der Waals surface area contributed by atoms with Gasteiger partial charge in [0.05, 0.1) is 7.11 Å². The zero-order chi connectivity index (χ0) is 13.7. The molecule has 0 saturated carbocycles. The fourth-order valence-electron chi connectivity index (χ4n) is 2.26. The van der Waals surface area contributed by atoms with Crippen LogP contribution in [0.3, 0.4) is 0 Å². The number of methoxy groups -OCH3 is 1. The highest BCUT2D eigenvalue weighted by Gasteiger charge is 2.17. The Hall–Kier alpha value is -1.06. The second-order valence-electron chi connectivity index (χ2n) is 5.10. The molecule has 0 aliphatic heterocycles. The minimum absolute atomic E-state index is 0.267. The summed E-state index contributed by atoms with van der Waals surface area (Å²) in [7, 11) is 3.73. The van der Waals surface area contributed by atoms with Gasteiger partial charge in [0.25, 0.3) is 0 Å². The van der Waals surface area contributed by atoms with Crippen LogP contribution < -0.4 is 15.4 Å². The van der Waals surface area contributed by atoms with E-state index in [4.69, 9.17) is 4.74 Å². The van der Waals surface area contributed by atoms with E-state index >= 15 is 0 Å². The van der Waals surface area contributed by atoms with Crippen LogP contribution in [0.5, 0.6) is 5.75 Å². The SMILES string of the molecule is CNC(CNC(C)C)c1c(C)cc(C)cc1OC. The molecule has 0 fully saturated rings. The molecular formula is C15H26N2O. The van der Waals surface area contributed by atoms with Crippen molar-refractivity contribution in [3.8, 4) is 5.75 Å². The molecule has 1 aromatic rings. The molecule has 0 amide bonds. The second-order valence-corrected chi connectivity index (χ2v) is 5.10. The maximum absolute atomic E-state index is 5.53. The van der Waals surface area contributed by atoms with Crippen LogP contribution in [0.4, 0.5) is 0 Å². The first-order valence-corrected chi connectivity index (χ1v) is 6.55. The molecule has 1 aromatic carbocycles. The van der Waals surface area contributed by atoms with Crippen molar-refractivity contribution >= 4 is 0 Å². The molecule has 1 unspecified atom stereocenters. The van der Waals surface area contributed by atoms with Gasteiger partial charge in [0, 0.05) is 24.2 Å². The monoisotopic (exact) mass is 250 g/mol. The Labute approximate surface area is 111 Å². The summed E-state index contributed by atoms with van der Waals surface area (Å²) in [6, 6.07) is 5.06. The molecule has 0 bridgehead atoms. The smallest absolute Gasteiger partial charge is 0.124 e. The number of hydrogen-bond acceptors (Lipinski definition) is 3. The summed E-state index contributed by atoms with van der Waals surface area (Å²) in [6.45, 7) is 9.46. The van der Waals surface area contributed by atoms with E-state index in [1.54, 1.807) is 7.11 Å². The first kappa shape index (κ1) is 15.0. The van der Waals surface area contributed by atoms with Crippen molar-refractivity contribution in [3.63, 3.8) is 0 Å². The summed E-state index contributed by atoms with van der Waals surface area (Å²) in [5.74, 6) is 0.970. The largest absolute Gasteiger partial charge is 0.496 e. The molecule has 0 spiro atoms. The van der Waals surface area contributed by atoms with Crippen LogP contribution in [-0.2, 0) is 0 Å². The molecule has 1 rings (SSSR count). The van der Waals surface area contributed by atoms with Crippen molar-refractivity contribution in [1.29, 1.82) is 0 Å². The molecule has 0 heterocycles. The van der Waals surface area contributed by atoms with Gasteiger partial charge < -0.3 is 15.4 Å². The average Bonchev–Trinajstić information content (AvgIpc) is 2.30. The number of aryl methyl sites for hydroxylation is 2. The molecule has 18 heavy (non-hydrogen) atoms. The van der Waals surface area contributed by atoms with Gasteiger partial charge in [-0.1, -0.05) is 19.9 Å². The molecule has 0 radical (unpaired) electrons. The molecule has 102 valence electrons. The lowest BCUT2D eigenvalue weighted by Crippen LogP contribution is -2.34. The summed E-state index contributed by atoms with van der Waals surface area (Å²) in [6.07, 6.45) is 0. The highest BCUT2D eigenvalue weighted by atomic mass is 16.5. The van der Waals surface area contributed by atoms with E-state index in [1.165, 1.54) is 16.7 Å². The molecule has 0 aliphatic rings. The Balaban J connectivity index is 3.04. The Morgan fingerprint density at radius 3 is 2.39 bits per heavy atom. The lowest BCUT2D eigenvalue weighted by atomic mass is 9.97. The third-order valence-corrected chi connectivity index (χ3v) is 3.14. The van der Waals surface area contributed by atoms with Crippen LogP contribution in [0.25, 0.3) is 0 Å². The predicted molar refractivity (Wildman–Crippen MR) is 77.4 cm³/mol. The van der Waals surface area contributed by atoms with Crippen molar-refractivity contribution in [1.82, 2.24) is 10.6 Å². The lowest BCUT2D eigenvalue weighted by Gasteiger charge is -2.23. The van der Waals surface area contributed by atoms with Crippen molar-refractivity contribution < 1.29 is 4.74 Å². The van der Waals surface area contributed by atoms with Crippen molar-refractivity contribution in [2.45, 2.75) is 39.8 Å². The van der Waals surface area contributed by atoms with E-state index in [2.05, 4.69) is 50.5 Å². The van der Waals surface area contributed by atoms with Gasteiger partial charge in [0.15, 0.2) is 0 Å². The van der Waals surface area contributed by atoms with Crippen LogP contribution in [0, 0.1) is 13.8 Å². The quantitative estimate of drug-likeness (QED) is 0.814. The zero-order valence-electron chi connectivity index (χ0n) is 12.4. The van der Waals surface area contributed by atoms with E-state index < -0.39 is 0 Å². The van der Waals surface area contributed by atoms with Crippen molar-refractivity contribution in [2.24, 2.45) is 0 Å². The molecule has 1 atom stereocenters. The normalized spacial score (nSPS) is 12.8. The maximum Gasteiger partial charge on any atom is 0.124 e. The standard InChI is InChI=1S/C15H26N2O/c1-10(2)17-9-13(16-5)15-12(4)7-11(3)8-14(15)18-6/h7-8,10,13,16-17H,9H2,1-6H3. The van der Waals surface area contributed by atoms with Crippen LogP contribution in [-0.4, -0.2) is 26.7 Å². The summed E-state index contributed by atoms with van der Waals surface area (Å²) in [4.78, 5) is 0. The minimum Gasteiger partial charge on any atom is -0.496 e. The topological polar surface area (TPSA) is 33.3 Å². The van der Waals surface area contributed by atoms with Gasteiger partial charge in [0.1, 0.15) is 5.75 Å². The van der Waals surface area contributed by atoms with Gasteiger partial charge >= 0.3 is 0 Å². The minimum atomic E-state index is 0.267. The van der Waals surface area contributed by atoms with E-state index in [-0.39, 0.29) is 6.04 Å². The maximum atomic E-state index is 5.53. The van der Waals surface area contributed by atoms with Gasteiger partial charge in [-0.25, -0.2) is 0 Å². The van der Waals surface area contributed by atoms with Gasteiger partial charge in [-0.05, 0) is 38.1 Å². The predicted octanol–water partition coefficient (Wildman–Crippen LogP) is 2.57. The highest BCUT2D eigenvalue weighted by molar-refractivity contribution is 5.45. The van der Waals surface area contributed by atoms with Crippen LogP contribution in [0.15, 0.2) is 12.1 Å². The average molecular weight is 250 g/mol. The van der Waals surface area contributed by atoms with Crippen LogP contribution in [0.2, 0.25) is 0 Å². The molecule has 0 aromatic heterocycles. The summed E-state index contributed by atoms with van der Waals surface area (Å²) in [5, 5.41) is 6.84. The van der Waals surface area contributed by atoms with E-state index in [1.807, 2.05) is 7.05 Å². The van der Waals surface area contributed by atoms with Crippen molar-refractivity contribution in [2.75, 3.05) is 20.7 Å². The molecular weight excluding hydrogens is 224 g/mol. The van der Waals surface area contributed by atoms with Crippen molar-refractivity contribution in [3.05, 3.63) is 28.8 Å². The molecule has 0 saturated heterocycles. The fourth-order valence-corrected chi connectivity index (χ4v) is 2.26. The first-order valence-electron chi connectivity index (χ1n) is 6.55. The fraction of sp³-hybridized carbons (Fsp3) is 0.600. The Morgan fingerprint density at radius 1 is 1.22 bits per heavy atom. The number of likely N-dealkylation sites (N-methyl/N-ethyl adjacent to an activating group) is 1. The number of ether oxygens (including phenoxy) is 1. The summed E-state index contributed by atoms with van der Waals surface area (Å²) in [5.41, 5.74) is 3.76. The third kappa shape index (κ3) is 3.72. The van der Waals surface area contributed by atoms with E-state index in [9.17, 15) is 0 Å². The Kier molecular flexibility index (Phi) is 5.63. The van der Waals surface area contributed by atoms with Gasteiger partial charge in [-0.2, -0.15) is 0 Å². The Morgan fingerprint density at radius 2 is 1.89 bits per heavy atom. The van der Waals surface area contributed by atoms with E-state index in [0.717, 1.165) is 12.3 Å². The second kappa shape index (κ2) is 6.76. The van der Waals surface area contributed by atoms with Gasteiger partial charge in [-0.3, -0.25) is 0 Å². The lowest BCUT2D eigenvalue weighted by molar-refractivity contribution is 0.395. The summed E-state index contributed by atoms with van der Waals surface area (Å²) < 4.78 is 5.53. The Bertz CT molecular complexity index is 388. The molecule has 3 heteroatoms. The number of nitrogens with one attached hydrogen (secondary N) is 2. The van der Waals surface area contributed by atoms with E-state index in [0.29, 0.717) is 6.04 Å². The zero-order valence-corrected chi connectivity index (χ0v) is 12.4.